The molecule has 2 heterocycles. The van der Waals surface area contributed by atoms with Crippen LogP contribution in [-0.4, -0.2) is 127 Å². The van der Waals surface area contributed by atoms with Gasteiger partial charge in [0.2, 0.25) is 0 Å². The molecule has 7 N–H and O–H groups in total. The fourth-order valence-corrected chi connectivity index (χ4v) is 15.0. The van der Waals surface area contributed by atoms with Gasteiger partial charge in [-0.1, -0.05) is 48.0 Å². The number of aliphatic hydroxyl groups is 5. The van der Waals surface area contributed by atoms with Crippen LogP contribution in [0.3, 0.4) is 0 Å². The van der Waals surface area contributed by atoms with Gasteiger partial charge in [-0.15, -0.1) is 0 Å². The Morgan fingerprint density at radius 3 is 2.23 bits per heavy atom. The minimum atomic E-state index is -0.828. The molecule has 2 aromatic carbocycles. The molecule has 4 saturated carbocycles. The maximum absolute atomic E-state index is 15.4. The normalized spacial score (nSPS) is 42.4. The van der Waals surface area contributed by atoms with Gasteiger partial charge in [0.15, 0.2) is 12.1 Å². The zero-order valence-electron chi connectivity index (χ0n) is 45.7. The van der Waals surface area contributed by atoms with Crippen molar-refractivity contribution in [1.29, 1.82) is 0 Å². The summed E-state index contributed by atoms with van der Waals surface area (Å²) in [5, 5.41) is 80.6. The molecule has 0 bridgehead atoms. The number of phenols is 2. The standard InChI is InChI=1S/C60H90O14/c1-28-13-14-39(23-46(28)62)72-48-24-40(16-30(3)54(48)64)73-47-22-37-19-36-21-44(43-12-10-11-42(33(6)61)57(43)67)45(58(68)52(36)59(69)51(37)55(65)32(47)5)18-35-15-29(2)53(63)38(17-35)20-41-25-49(56(66)34(7)71-41)74-50-26-60(8,9)31(4)27-70-50/h19,22,28-31,33-35,38-46,48-50,53-54,56,61-66,69H,10-18,20-21,23-27H2,1-9H3/t28?,29-,30-,31?,33+,34+,35+,38?,39?,40+,41?,42?,43?,44?,45?,46?,48?,49?,50?,53?,54?,56?/m0/s1. The van der Waals surface area contributed by atoms with E-state index >= 15 is 4.79 Å². The zero-order chi connectivity index (χ0) is 53.2. The lowest BCUT2D eigenvalue weighted by molar-refractivity contribution is -0.267. The molecule has 14 nitrogen and oxygen atoms in total. The number of carbonyl (C=O) groups is 2. The molecule has 6 fully saturated rings. The number of ketones is 2. The summed E-state index contributed by atoms with van der Waals surface area (Å²) in [5.41, 5.74) is 1.22. The molecule has 74 heavy (non-hydrogen) atoms. The van der Waals surface area contributed by atoms with Crippen LogP contribution in [0.15, 0.2) is 12.1 Å². The Balaban J connectivity index is 0.962. The number of aromatic hydroxyl groups is 2. The van der Waals surface area contributed by atoms with Gasteiger partial charge in [-0.25, -0.2) is 0 Å². The van der Waals surface area contributed by atoms with Crippen molar-refractivity contribution < 1.29 is 69.0 Å². The number of carbonyl (C=O) groups excluding carboxylic acids is 2. The number of ether oxygens (including phenoxy) is 5. The van der Waals surface area contributed by atoms with E-state index in [0.717, 1.165) is 25.7 Å². The van der Waals surface area contributed by atoms with E-state index in [1.165, 1.54) is 0 Å². The quantitative estimate of drug-likeness (QED) is 0.106. The van der Waals surface area contributed by atoms with E-state index in [2.05, 4.69) is 27.7 Å². The van der Waals surface area contributed by atoms with Gasteiger partial charge < -0.3 is 59.4 Å². The second-order valence-electron chi connectivity index (χ2n) is 25.9. The second-order valence-corrected chi connectivity index (χ2v) is 25.9. The first-order chi connectivity index (χ1) is 35.0. The predicted molar refractivity (Wildman–Crippen MR) is 279 cm³/mol. The average molecular weight is 1040 g/mol. The van der Waals surface area contributed by atoms with E-state index < -0.39 is 78.8 Å². The highest BCUT2D eigenvalue weighted by Gasteiger charge is 2.50. The number of benzene rings is 2. The van der Waals surface area contributed by atoms with Crippen molar-refractivity contribution in [1.82, 2.24) is 0 Å². The first-order valence-electron chi connectivity index (χ1n) is 28.7. The monoisotopic (exact) mass is 1030 g/mol. The smallest absolute Gasteiger partial charge is 0.170 e. The largest absolute Gasteiger partial charge is 0.507 e. The molecule has 16 unspecified atom stereocenters. The Morgan fingerprint density at radius 1 is 0.784 bits per heavy atom. The molecule has 22 atom stereocenters. The fraction of sp³-hybridized carbons (Fsp3) is 0.800. The average Bonchev–Trinajstić information content (AvgIpc) is 3.33. The van der Waals surface area contributed by atoms with Gasteiger partial charge in [-0.2, -0.15) is 0 Å². The second kappa shape index (κ2) is 22.4. The summed E-state index contributed by atoms with van der Waals surface area (Å²) in [6.07, 6.45) is 2.84. The lowest BCUT2D eigenvalue weighted by Gasteiger charge is -2.46. The lowest BCUT2D eigenvalue weighted by atomic mass is 9.60. The Kier molecular flexibility index (Phi) is 16.9. The number of hydrogen-bond acceptors (Lipinski definition) is 14. The topological polar surface area (TPSA) is 222 Å². The van der Waals surface area contributed by atoms with Crippen molar-refractivity contribution in [2.45, 2.75) is 232 Å². The molecule has 0 radical (unpaired) electrons. The van der Waals surface area contributed by atoms with Crippen molar-refractivity contribution in [3.8, 4) is 17.2 Å². The van der Waals surface area contributed by atoms with Crippen LogP contribution in [0.25, 0.3) is 10.8 Å². The van der Waals surface area contributed by atoms with Gasteiger partial charge in [0.1, 0.15) is 35.2 Å². The molecule has 0 spiro atoms. The van der Waals surface area contributed by atoms with E-state index in [-0.39, 0.29) is 87.3 Å². The van der Waals surface area contributed by atoms with Crippen LogP contribution in [0.4, 0.5) is 0 Å². The number of rotatable bonds is 12. The van der Waals surface area contributed by atoms with Crippen LogP contribution in [0.1, 0.15) is 167 Å². The van der Waals surface area contributed by atoms with Gasteiger partial charge in [0.25, 0.3) is 0 Å². The summed E-state index contributed by atoms with van der Waals surface area (Å²) < 4.78 is 32.2. The molecular weight excluding hydrogens is 945 g/mol. The highest BCUT2D eigenvalue weighted by molar-refractivity contribution is 6.10. The summed E-state index contributed by atoms with van der Waals surface area (Å²) in [6, 6.07) is 3.67. The van der Waals surface area contributed by atoms with Gasteiger partial charge >= 0.3 is 0 Å². The van der Waals surface area contributed by atoms with Crippen molar-refractivity contribution in [3.63, 3.8) is 0 Å². The molecule has 2 aromatic rings. The van der Waals surface area contributed by atoms with E-state index in [4.69, 9.17) is 23.7 Å². The highest BCUT2D eigenvalue weighted by Crippen LogP contribution is 2.52. The van der Waals surface area contributed by atoms with Crippen molar-refractivity contribution in [3.05, 3.63) is 28.8 Å². The van der Waals surface area contributed by atoms with Crippen molar-refractivity contribution in [2.24, 2.45) is 64.6 Å². The van der Waals surface area contributed by atoms with E-state index in [9.17, 15) is 40.5 Å². The van der Waals surface area contributed by atoms with Crippen LogP contribution >= 0.6 is 0 Å². The van der Waals surface area contributed by atoms with Crippen LogP contribution in [0, 0.1) is 71.5 Å². The molecule has 2 saturated heterocycles. The molecule has 5 aliphatic carbocycles. The maximum Gasteiger partial charge on any atom is 0.170 e. The minimum Gasteiger partial charge on any atom is -0.507 e. The van der Waals surface area contributed by atoms with Gasteiger partial charge in [0, 0.05) is 42.6 Å². The van der Waals surface area contributed by atoms with Crippen LogP contribution in [-0.2, 0) is 30.2 Å². The highest BCUT2D eigenvalue weighted by atomic mass is 16.7. The molecule has 7 aliphatic rings. The lowest BCUT2D eigenvalue weighted by Crippen LogP contribution is -2.52. The van der Waals surface area contributed by atoms with Crippen molar-refractivity contribution in [2.75, 3.05) is 6.61 Å². The Morgan fingerprint density at radius 2 is 1.51 bits per heavy atom. The van der Waals surface area contributed by atoms with Crippen LogP contribution in [0.2, 0.25) is 0 Å². The number of hydrogen-bond donors (Lipinski definition) is 7. The summed E-state index contributed by atoms with van der Waals surface area (Å²) in [7, 11) is 0. The first-order valence-corrected chi connectivity index (χ1v) is 28.7. The number of aliphatic hydroxyl groups excluding tert-OH is 5. The molecule has 0 amide bonds. The number of Topliss-reactive ketones (excluding diaryl/α,β-unsaturated/α-hetero) is 2. The van der Waals surface area contributed by atoms with E-state index in [1.54, 1.807) is 19.9 Å². The van der Waals surface area contributed by atoms with E-state index in [1.807, 2.05) is 26.8 Å². The van der Waals surface area contributed by atoms with Gasteiger partial charge in [-0.3, -0.25) is 9.59 Å². The molecule has 0 aromatic heterocycles. The van der Waals surface area contributed by atoms with Crippen LogP contribution in [0.5, 0.6) is 17.2 Å². The first kappa shape index (κ1) is 55.8. The number of phenolic OH excluding ortho intramolecular Hbond substituents is 2. The SMILES string of the molecule is Cc1c(O[C@H]2CC(OC3CCC(C)C(O)C3)C(O)[C@@H](C)C2)cc2cc3c(c(O)c2c1O)C(=O)C(C[C@H]1CC(CC2CC(OC4CC(C)(C)C(C)CO4)C(O)[C@@H](C)O2)C(O)[C@@H](C)C1)C(C1CCCC([C@@H](C)O)C1=O)C3. The third-order valence-corrected chi connectivity index (χ3v) is 20.1. The maximum atomic E-state index is 15.4. The fourth-order valence-electron chi connectivity index (χ4n) is 15.0. The Labute approximate surface area is 439 Å². The third-order valence-electron chi connectivity index (χ3n) is 20.1. The van der Waals surface area contributed by atoms with Gasteiger partial charge in [0.05, 0.1) is 72.5 Å². The summed E-state index contributed by atoms with van der Waals surface area (Å²) in [6.45, 7) is 18.5. The molecule has 14 heteroatoms. The van der Waals surface area contributed by atoms with Crippen LogP contribution < -0.4 is 4.74 Å². The molecular formula is C60H90O14. The number of fused-ring (bicyclic) bond motifs is 2. The summed E-state index contributed by atoms with van der Waals surface area (Å²) in [5.74, 6) is -2.12. The molecule has 2 aliphatic heterocycles. The van der Waals surface area contributed by atoms with Crippen molar-refractivity contribution >= 4 is 22.3 Å². The Bertz CT molecular complexity index is 2320. The zero-order valence-corrected chi connectivity index (χ0v) is 45.7. The van der Waals surface area contributed by atoms with Gasteiger partial charge in [-0.05, 0) is 161 Å². The summed E-state index contributed by atoms with van der Waals surface area (Å²) in [4.78, 5) is 29.9. The predicted octanol–water partition coefficient (Wildman–Crippen LogP) is 8.51. The minimum absolute atomic E-state index is 0.00527. The third kappa shape index (κ3) is 11.3. The van der Waals surface area contributed by atoms with E-state index in [0.29, 0.717) is 105 Å². The Hall–Kier alpha value is -2.92. The summed E-state index contributed by atoms with van der Waals surface area (Å²) >= 11 is 0. The molecule has 9 rings (SSSR count). The molecule has 414 valence electrons.